The van der Waals surface area contributed by atoms with Crippen molar-refractivity contribution in [3.05, 3.63) is 58.4 Å². The summed E-state index contributed by atoms with van der Waals surface area (Å²) in [5.74, 6) is -1.20. The smallest absolute Gasteiger partial charge is 0.430 e. The van der Waals surface area contributed by atoms with Crippen molar-refractivity contribution in [1.29, 1.82) is 0 Å². The number of benzene rings is 1. The third kappa shape index (κ3) is 3.62. The van der Waals surface area contributed by atoms with E-state index in [-0.39, 0.29) is 22.5 Å². The monoisotopic (exact) mass is 382 g/mol. The minimum Gasteiger partial charge on any atom is -0.430 e. The third-order valence-corrected chi connectivity index (χ3v) is 3.59. The van der Waals surface area contributed by atoms with Crippen LogP contribution in [0.2, 0.25) is 5.02 Å². The predicted octanol–water partition coefficient (Wildman–Crippen LogP) is 3.85. The summed E-state index contributed by atoms with van der Waals surface area (Å²) in [6.07, 6.45) is -3.28. The first kappa shape index (κ1) is 17.7. The van der Waals surface area contributed by atoms with Gasteiger partial charge in [0.25, 0.3) is 0 Å². The number of furan rings is 1. The Morgan fingerprint density at radius 3 is 2.58 bits per heavy atom. The molecule has 0 aliphatic rings. The van der Waals surface area contributed by atoms with Gasteiger partial charge in [0.1, 0.15) is 5.69 Å². The van der Waals surface area contributed by atoms with Crippen molar-refractivity contribution < 1.29 is 22.4 Å². The number of fused-ring (bicyclic) bond motifs is 1. The molecule has 134 valence electrons. The highest BCUT2D eigenvalue weighted by molar-refractivity contribution is 6.30. The van der Waals surface area contributed by atoms with Crippen molar-refractivity contribution in [3.63, 3.8) is 0 Å². The number of halogens is 4. The number of alkyl halides is 3. The van der Waals surface area contributed by atoms with Crippen LogP contribution in [0.5, 0.6) is 0 Å². The minimum atomic E-state index is -4.64. The first-order valence-corrected chi connectivity index (χ1v) is 7.48. The molecule has 3 rings (SSSR count). The van der Waals surface area contributed by atoms with E-state index in [0.717, 1.165) is 12.1 Å². The Kier molecular flexibility index (Phi) is 4.56. The van der Waals surface area contributed by atoms with Crippen molar-refractivity contribution in [2.24, 2.45) is 5.10 Å². The summed E-state index contributed by atoms with van der Waals surface area (Å²) in [6.45, 7) is 0. The number of pyridine rings is 1. The number of carbonyl (C=O) groups is 1. The topological polar surface area (TPSA) is 93.5 Å². The molecule has 0 atom stereocenters. The Balaban J connectivity index is 1.81. The molecular formula is C16H10ClF3N4O2. The summed E-state index contributed by atoms with van der Waals surface area (Å²) >= 11 is 5.75. The van der Waals surface area contributed by atoms with Crippen LogP contribution in [-0.4, -0.2) is 17.1 Å². The highest BCUT2D eigenvalue weighted by Crippen LogP contribution is 2.32. The van der Waals surface area contributed by atoms with Gasteiger partial charge in [-0.3, -0.25) is 4.79 Å². The van der Waals surface area contributed by atoms with E-state index in [4.69, 9.17) is 21.8 Å². The van der Waals surface area contributed by atoms with Crippen LogP contribution in [0.25, 0.3) is 11.1 Å². The fraction of sp³-hybridized carbons (Fsp3) is 0.0625. The lowest BCUT2D eigenvalue weighted by Crippen LogP contribution is -2.18. The molecule has 0 bridgehead atoms. The molecule has 0 fully saturated rings. The first-order chi connectivity index (χ1) is 12.3. The molecule has 6 nitrogen and oxygen atoms in total. The minimum absolute atomic E-state index is 0.102. The number of amides is 1. The molecule has 0 radical (unpaired) electrons. The van der Waals surface area contributed by atoms with Gasteiger partial charge in [0.15, 0.2) is 0 Å². The van der Waals surface area contributed by atoms with E-state index in [0.29, 0.717) is 10.6 Å². The van der Waals surface area contributed by atoms with Crippen molar-refractivity contribution in [1.82, 2.24) is 10.4 Å². The van der Waals surface area contributed by atoms with E-state index in [1.54, 1.807) is 24.3 Å². The second kappa shape index (κ2) is 6.68. The maximum absolute atomic E-state index is 12.7. The molecule has 3 N–H and O–H groups in total. The number of anilines is 1. The summed E-state index contributed by atoms with van der Waals surface area (Å²) in [5.41, 5.74) is 6.95. The SMILES string of the molecule is Nc1c(C(=O)N/N=C/c2ccc(Cl)cc2)oc2nc(C(F)(F)F)ccc12. The molecule has 26 heavy (non-hydrogen) atoms. The average molecular weight is 383 g/mol. The Morgan fingerprint density at radius 2 is 1.92 bits per heavy atom. The summed E-state index contributed by atoms with van der Waals surface area (Å²) in [6, 6.07) is 8.50. The number of hydrogen-bond acceptors (Lipinski definition) is 5. The van der Waals surface area contributed by atoms with Gasteiger partial charge in [-0.2, -0.15) is 18.3 Å². The Morgan fingerprint density at radius 1 is 1.23 bits per heavy atom. The fourth-order valence-corrected chi connectivity index (χ4v) is 2.21. The molecule has 1 amide bonds. The number of hydrazone groups is 1. The number of nitrogens with two attached hydrogens (primary N) is 1. The largest absolute Gasteiger partial charge is 0.433 e. The van der Waals surface area contributed by atoms with Gasteiger partial charge in [-0.05, 0) is 29.8 Å². The van der Waals surface area contributed by atoms with Crippen LogP contribution < -0.4 is 11.2 Å². The number of carbonyl (C=O) groups excluding carboxylic acids is 1. The Hall–Kier alpha value is -3.07. The van der Waals surface area contributed by atoms with E-state index in [1.165, 1.54) is 6.21 Å². The van der Waals surface area contributed by atoms with Gasteiger partial charge >= 0.3 is 12.1 Å². The molecular weight excluding hydrogens is 373 g/mol. The maximum Gasteiger partial charge on any atom is 0.433 e. The number of hydrogen-bond donors (Lipinski definition) is 2. The van der Waals surface area contributed by atoms with E-state index < -0.39 is 17.8 Å². The number of nitrogen functional groups attached to an aromatic ring is 1. The van der Waals surface area contributed by atoms with Crippen LogP contribution >= 0.6 is 11.6 Å². The summed E-state index contributed by atoms with van der Waals surface area (Å²) in [4.78, 5) is 15.4. The van der Waals surface area contributed by atoms with E-state index in [9.17, 15) is 18.0 Å². The molecule has 10 heteroatoms. The molecule has 0 unspecified atom stereocenters. The zero-order valence-corrected chi connectivity index (χ0v) is 13.6. The van der Waals surface area contributed by atoms with Crippen LogP contribution in [0.4, 0.5) is 18.9 Å². The highest BCUT2D eigenvalue weighted by atomic mass is 35.5. The van der Waals surface area contributed by atoms with Gasteiger partial charge in [-0.15, -0.1) is 0 Å². The van der Waals surface area contributed by atoms with Crippen molar-refractivity contribution in [2.45, 2.75) is 6.18 Å². The highest BCUT2D eigenvalue weighted by Gasteiger charge is 2.33. The van der Waals surface area contributed by atoms with Crippen molar-refractivity contribution >= 4 is 40.5 Å². The fourth-order valence-electron chi connectivity index (χ4n) is 2.09. The van der Waals surface area contributed by atoms with E-state index >= 15 is 0 Å². The number of nitrogens with one attached hydrogen (secondary N) is 1. The molecule has 2 aromatic heterocycles. The van der Waals surface area contributed by atoms with Gasteiger partial charge in [0.2, 0.25) is 11.5 Å². The van der Waals surface area contributed by atoms with Gasteiger partial charge in [-0.1, -0.05) is 23.7 Å². The van der Waals surface area contributed by atoms with Crippen LogP contribution in [0.15, 0.2) is 45.9 Å². The molecule has 3 aromatic rings. The summed E-state index contributed by atoms with van der Waals surface area (Å²) in [7, 11) is 0. The molecule has 0 aliphatic heterocycles. The predicted molar refractivity (Wildman–Crippen MR) is 89.9 cm³/mol. The Bertz CT molecular complexity index is 997. The number of rotatable bonds is 3. The van der Waals surface area contributed by atoms with E-state index in [1.807, 2.05) is 0 Å². The first-order valence-electron chi connectivity index (χ1n) is 7.11. The van der Waals surface area contributed by atoms with Crippen LogP contribution in [0.3, 0.4) is 0 Å². The molecule has 0 saturated carbocycles. The normalized spacial score (nSPS) is 12.0. The maximum atomic E-state index is 12.7. The quantitative estimate of drug-likeness (QED) is 0.531. The van der Waals surface area contributed by atoms with Crippen LogP contribution in [0.1, 0.15) is 21.8 Å². The molecule has 0 spiro atoms. The zero-order chi connectivity index (χ0) is 18.9. The molecule has 2 heterocycles. The average Bonchev–Trinajstić information content (AvgIpc) is 2.92. The van der Waals surface area contributed by atoms with Gasteiger partial charge in [-0.25, -0.2) is 10.4 Å². The van der Waals surface area contributed by atoms with Crippen molar-refractivity contribution in [2.75, 3.05) is 5.73 Å². The number of aromatic nitrogens is 1. The Labute approximate surface area is 149 Å². The second-order valence-corrected chi connectivity index (χ2v) is 5.58. The van der Waals surface area contributed by atoms with E-state index in [2.05, 4.69) is 15.5 Å². The standard InChI is InChI=1S/C16H10ClF3N4O2/c17-9-3-1-8(2-4-9)7-22-24-14(25)13-12(21)10-5-6-11(16(18,19)20)23-15(10)26-13/h1-7H,21H2,(H,24,25)/b22-7+. The van der Waals surface area contributed by atoms with Crippen molar-refractivity contribution in [3.8, 4) is 0 Å². The van der Waals surface area contributed by atoms with Gasteiger partial charge in [0, 0.05) is 5.02 Å². The van der Waals surface area contributed by atoms with Crippen LogP contribution in [-0.2, 0) is 6.18 Å². The second-order valence-electron chi connectivity index (χ2n) is 5.14. The number of nitrogens with zero attached hydrogens (tertiary/aromatic N) is 2. The zero-order valence-electron chi connectivity index (χ0n) is 12.8. The van der Waals surface area contributed by atoms with Gasteiger partial charge in [0.05, 0.1) is 17.3 Å². The lowest BCUT2D eigenvalue weighted by molar-refractivity contribution is -0.141. The van der Waals surface area contributed by atoms with Gasteiger partial charge < -0.3 is 10.2 Å². The lowest BCUT2D eigenvalue weighted by atomic mass is 10.2. The third-order valence-electron chi connectivity index (χ3n) is 3.34. The molecule has 0 aliphatic carbocycles. The molecule has 1 aromatic carbocycles. The lowest BCUT2D eigenvalue weighted by Gasteiger charge is -2.03. The molecule has 0 saturated heterocycles. The van der Waals surface area contributed by atoms with Crippen LogP contribution in [0, 0.1) is 0 Å². The summed E-state index contributed by atoms with van der Waals surface area (Å²) in [5, 5.41) is 4.38. The summed E-state index contributed by atoms with van der Waals surface area (Å²) < 4.78 is 43.2.